The number of carbonyl (C=O) groups excluding carboxylic acids is 1. The summed E-state index contributed by atoms with van der Waals surface area (Å²) >= 11 is 0. The summed E-state index contributed by atoms with van der Waals surface area (Å²) in [5, 5.41) is 12.7. The summed E-state index contributed by atoms with van der Waals surface area (Å²) in [5.74, 6) is -0.133. The van der Waals surface area contributed by atoms with Gasteiger partial charge in [0.15, 0.2) is 11.6 Å². The van der Waals surface area contributed by atoms with Crippen LogP contribution in [0.3, 0.4) is 0 Å². The predicted octanol–water partition coefficient (Wildman–Crippen LogP) is 0.802. The number of aromatic hydroxyl groups is 1. The molecule has 0 saturated heterocycles. The van der Waals surface area contributed by atoms with Gasteiger partial charge in [-0.2, -0.15) is 0 Å². The van der Waals surface area contributed by atoms with Gasteiger partial charge >= 0.3 is 0 Å². The molecule has 1 heterocycles. The first-order valence-corrected chi connectivity index (χ1v) is 4.28. The summed E-state index contributed by atoms with van der Waals surface area (Å²) in [5.41, 5.74) is -0.354. The second-order valence-corrected chi connectivity index (χ2v) is 2.99. The second-order valence-electron chi connectivity index (χ2n) is 2.99. The maximum absolute atomic E-state index is 11.5. The van der Waals surface area contributed by atoms with Gasteiger partial charge in [-0.05, 0) is 6.07 Å². The number of amides is 1. The number of H-pyrrole nitrogens is 1. The molecule has 0 unspecified atom stereocenters. The fraction of sp³-hybridized carbons (Fsp3) is 0. The van der Waals surface area contributed by atoms with Crippen molar-refractivity contribution >= 4 is 23.0 Å². The van der Waals surface area contributed by atoms with Gasteiger partial charge in [0.05, 0.1) is 5.39 Å². The molecule has 1 aromatic carbocycles. The largest absolute Gasteiger partial charge is 0.504 e. The van der Waals surface area contributed by atoms with Crippen molar-refractivity contribution in [1.29, 1.82) is 0 Å². The lowest BCUT2D eigenvalue weighted by Gasteiger charge is -2.05. The van der Waals surface area contributed by atoms with E-state index in [1.807, 2.05) is 0 Å². The molecule has 3 N–H and O–H groups in total. The normalized spacial score (nSPS) is 10.1. The molecule has 0 atom stereocenters. The first-order valence-electron chi connectivity index (χ1n) is 4.28. The summed E-state index contributed by atoms with van der Waals surface area (Å²) in [6.07, 6.45) is 0.389. The lowest BCUT2D eigenvalue weighted by Crippen LogP contribution is -2.10. The number of nitrogens with one attached hydrogen (secondary N) is 2. The van der Waals surface area contributed by atoms with E-state index in [2.05, 4.69) is 10.3 Å². The fourth-order valence-corrected chi connectivity index (χ4v) is 1.43. The Morgan fingerprint density at radius 2 is 1.93 bits per heavy atom. The molecular weight excluding hydrogens is 196 g/mol. The zero-order valence-corrected chi connectivity index (χ0v) is 7.65. The maximum atomic E-state index is 11.5. The van der Waals surface area contributed by atoms with E-state index < -0.39 is 0 Å². The molecule has 15 heavy (non-hydrogen) atoms. The number of anilines is 1. The molecule has 0 radical (unpaired) electrons. The number of aromatic amines is 1. The van der Waals surface area contributed by atoms with Crippen LogP contribution in [-0.4, -0.2) is 16.5 Å². The van der Waals surface area contributed by atoms with Gasteiger partial charge in [-0.15, -0.1) is 0 Å². The minimum Gasteiger partial charge on any atom is -0.504 e. The molecule has 2 rings (SSSR count). The minimum atomic E-state index is -0.354. The molecular formula is C10H8N2O3. The van der Waals surface area contributed by atoms with Gasteiger partial charge < -0.3 is 15.4 Å². The number of fused-ring (bicyclic) bond motifs is 1. The van der Waals surface area contributed by atoms with Crippen LogP contribution in [0.2, 0.25) is 0 Å². The number of rotatable bonds is 2. The third kappa shape index (κ3) is 1.43. The molecule has 0 aliphatic heterocycles. The summed E-state index contributed by atoms with van der Waals surface area (Å²) in [4.78, 5) is 24.1. The SMILES string of the molecule is O=CNc1[nH]c(=O)c2ccccc2c1O. The second kappa shape index (κ2) is 3.45. The molecule has 0 bridgehead atoms. The van der Waals surface area contributed by atoms with Gasteiger partial charge in [-0.3, -0.25) is 9.59 Å². The van der Waals surface area contributed by atoms with E-state index in [1.165, 1.54) is 0 Å². The molecule has 0 fully saturated rings. The monoisotopic (exact) mass is 204 g/mol. The maximum Gasteiger partial charge on any atom is 0.257 e. The minimum absolute atomic E-state index is 0.00806. The molecule has 2 aromatic rings. The third-order valence-corrected chi connectivity index (χ3v) is 2.11. The van der Waals surface area contributed by atoms with Gasteiger partial charge in [0, 0.05) is 5.39 Å². The Bertz CT molecular complexity index is 574. The molecule has 76 valence electrons. The molecule has 0 aliphatic carbocycles. The number of carbonyl (C=O) groups is 1. The van der Waals surface area contributed by atoms with E-state index >= 15 is 0 Å². The highest BCUT2D eigenvalue weighted by molar-refractivity contribution is 5.92. The van der Waals surface area contributed by atoms with Crippen LogP contribution >= 0.6 is 0 Å². The lowest BCUT2D eigenvalue weighted by atomic mass is 10.1. The van der Waals surface area contributed by atoms with Crippen molar-refractivity contribution in [3.8, 4) is 5.75 Å². The number of hydrogen-bond donors (Lipinski definition) is 3. The van der Waals surface area contributed by atoms with Crippen LogP contribution in [0.5, 0.6) is 5.75 Å². The average Bonchev–Trinajstić information content (AvgIpc) is 2.26. The number of aromatic nitrogens is 1. The average molecular weight is 204 g/mol. The van der Waals surface area contributed by atoms with E-state index in [-0.39, 0.29) is 17.1 Å². The van der Waals surface area contributed by atoms with Crippen LogP contribution in [0, 0.1) is 0 Å². The van der Waals surface area contributed by atoms with Crippen LogP contribution in [-0.2, 0) is 4.79 Å². The molecule has 1 aromatic heterocycles. The van der Waals surface area contributed by atoms with E-state index in [0.717, 1.165) is 0 Å². The Balaban J connectivity index is 2.84. The predicted molar refractivity (Wildman–Crippen MR) is 55.9 cm³/mol. The lowest BCUT2D eigenvalue weighted by molar-refractivity contribution is -0.105. The van der Waals surface area contributed by atoms with Crippen LogP contribution < -0.4 is 10.9 Å². The summed E-state index contributed by atoms with van der Waals surface area (Å²) in [7, 11) is 0. The van der Waals surface area contributed by atoms with Crippen LogP contribution in [0.4, 0.5) is 5.82 Å². The Kier molecular flexibility index (Phi) is 2.13. The molecule has 1 amide bonds. The topological polar surface area (TPSA) is 82.2 Å². The van der Waals surface area contributed by atoms with Gasteiger partial charge in [0.25, 0.3) is 5.56 Å². The highest BCUT2D eigenvalue weighted by Gasteiger charge is 2.08. The Morgan fingerprint density at radius 3 is 2.60 bits per heavy atom. The van der Waals surface area contributed by atoms with Crippen molar-refractivity contribution < 1.29 is 9.90 Å². The molecule has 0 saturated carbocycles. The first-order chi connectivity index (χ1) is 7.24. The highest BCUT2D eigenvalue weighted by atomic mass is 16.3. The highest BCUT2D eigenvalue weighted by Crippen LogP contribution is 2.27. The van der Waals surface area contributed by atoms with E-state index in [0.29, 0.717) is 17.2 Å². The van der Waals surface area contributed by atoms with Crippen molar-refractivity contribution in [2.24, 2.45) is 0 Å². The zero-order valence-electron chi connectivity index (χ0n) is 7.65. The molecule has 5 nitrogen and oxygen atoms in total. The third-order valence-electron chi connectivity index (χ3n) is 2.11. The van der Waals surface area contributed by atoms with Crippen molar-refractivity contribution in [2.75, 3.05) is 5.32 Å². The summed E-state index contributed by atoms with van der Waals surface area (Å²) in [6, 6.07) is 6.60. The quantitative estimate of drug-likeness (QED) is 0.633. The van der Waals surface area contributed by atoms with E-state index in [1.54, 1.807) is 24.3 Å². The molecule has 5 heteroatoms. The fourth-order valence-electron chi connectivity index (χ4n) is 1.43. The van der Waals surface area contributed by atoms with Crippen LogP contribution in [0.25, 0.3) is 10.8 Å². The van der Waals surface area contributed by atoms with Crippen molar-refractivity contribution in [3.63, 3.8) is 0 Å². The Hall–Kier alpha value is -2.30. The van der Waals surface area contributed by atoms with E-state index in [4.69, 9.17) is 0 Å². The number of pyridine rings is 1. The van der Waals surface area contributed by atoms with Crippen LogP contribution in [0.1, 0.15) is 0 Å². The number of benzene rings is 1. The Morgan fingerprint density at radius 1 is 1.27 bits per heavy atom. The molecule has 0 spiro atoms. The van der Waals surface area contributed by atoms with Gasteiger partial charge in [-0.25, -0.2) is 0 Å². The Labute approximate surface area is 84.4 Å². The van der Waals surface area contributed by atoms with Gasteiger partial charge in [0.1, 0.15) is 0 Å². The standard InChI is InChI=1S/C10H8N2O3/c13-5-11-9-8(14)6-3-1-2-4-7(6)10(15)12-9/h1-5,14H,(H2,11,12,13,15). The van der Waals surface area contributed by atoms with Crippen molar-refractivity contribution in [3.05, 3.63) is 34.6 Å². The van der Waals surface area contributed by atoms with Gasteiger partial charge in [-0.1, -0.05) is 18.2 Å². The van der Waals surface area contributed by atoms with Gasteiger partial charge in [0.2, 0.25) is 6.41 Å². The number of hydrogen-bond acceptors (Lipinski definition) is 3. The smallest absolute Gasteiger partial charge is 0.257 e. The van der Waals surface area contributed by atoms with Crippen LogP contribution in [0.15, 0.2) is 29.1 Å². The van der Waals surface area contributed by atoms with E-state index in [9.17, 15) is 14.7 Å². The van der Waals surface area contributed by atoms with Crippen molar-refractivity contribution in [1.82, 2.24) is 4.98 Å². The zero-order chi connectivity index (χ0) is 10.8. The summed E-state index contributed by atoms with van der Waals surface area (Å²) in [6.45, 7) is 0. The van der Waals surface area contributed by atoms with Crippen molar-refractivity contribution in [2.45, 2.75) is 0 Å². The first kappa shape index (κ1) is 9.26. The summed E-state index contributed by atoms with van der Waals surface area (Å²) < 4.78 is 0. The molecule has 0 aliphatic rings.